The molecular formula is C20H29N4O3S+. The predicted octanol–water partition coefficient (Wildman–Crippen LogP) is 1.85. The minimum absolute atomic E-state index is 0.279. The standard InChI is InChI=1S/C20H28N4O3S/c1-2-23(18-7-4-3-5-8-18)12-6-11-21-20-10-9-19(17-22-20)28(25,26)24-13-15-27-16-14-24/h3-5,7-10,17H,2,6,11-16H2,1H3,(H,21,22)/p+1. The van der Waals surface area contributed by atoms with E-state index in [-0.39, 0.29) is 4.90 Å². The molecular weight excluding hydrogens is 376 g/mol. The molecule has 7 nitrogen and oxygen atoms in total. The number of hydrogen-bond acceptors (Lipinski definition) is 5. The Morgan fingerprint density at radius 2 is 1.89 bits per heavy atom. The average Bonchev–Trinajstić information content (AvgIpc) is 2.75. The molecule has 0 spiro atoms. The van der Waals surface area contributed by atoms with E-state index < -0.39 is 10.0 Å². The summed E-state index contributed by atoms with van der Waals surface area (Å²) in [6, 6.07) is 13.8. The molecule has 2 aromatic rings. The summed E-state index contributed by atoms with van der Waals surface area (Å²) in [5.41, 5.74) is 1.23. The molecule has 0 saturated carbocycles. The molecule has 3 rings (SSSR count). The summed E-state index contributed by atoms with van der Waals surface area (Å²) in [6.45, 7) is 6.56. The van der Waals surface area contributed by atoms with Crippen molar-refractivity contribution < 1.29 is 18.1 Å². The first-order chi connectivity index (χ1) is 13.6. The van der Waals surface area contributed by atoms with Crippen LogP contribution in [0.2, 0.25) is 0 Å². The topological polar surface area (TPSA) is 76.0 Å². The molecule has 0 aliphatic carbocycles. The van der Waals surface area contributed by atoms with Gasteiger partial charge < -0.3 is 9.64 Å². The van der Waals surface area contributed by atoms with Crippen molar-refractivity contribution in [1.82, 2.24) is 4.31 Å². The highest BCUT2D eigenvalue weighted by Crippen LogP contribution is 2.16. The molecule has 28 heavy (non-hydrogen) atoms. The molecule has 152 valence electrons. The Morgan fingerprint density at radius 1 is 1.14 bits per heavy atom. The van der Waals surface area contributed by atoms with Gasteiger partial charge in [-0.3, -0.25) is 5.32 Å². The molecule has 0 bridgehead atoms. The monoisotopic (exact) mass is 405 g/mol. The molecule has 1 aromatic heterocycles. The zero-order chi connectivity index (χ0) is 19.8. The normalized spacial score (nSPS) is 15.3. The highest BCUT2D eigenvalue weighted by Gasteiger charge is 2.27. The van der Waals surface area contributed by atoms with Crippen LogP contribution in [0.4, 0.5) is 11.5 Å². The summed E-state index contributed by atoms with van der Waals surface area (Å²) >= 11 is 0. The van der Waals surface area contributed by atoms with E-state index in [2.05, 4.69) is 46.4 Å². The zero-order valence-electron chi connectivity index (χ0n) is 16.3. The van der Waals surface area contributed by atoms with Crippen LogP contribution in [0.5, 0.6) is 0 Å². The molecule has 0 radical (unpaired) electrons. The highest BCUT2D eigenvalue weighted by atomic mass is 32.2. The van der Waals surface area contributed by atoms with E-state index in [1.54, 1.807) is 18.3 Å². The van der Waals surface area contributed by atoms with E-state index in [0.717, 1.165) is 31.9 Å². The SMILES string of the molecule is CCN(CCCNc1ccc(S(=O)(=O)N2CCOCC2)c[nH+]1)c1ccccc1. The molecule has 1 saturated heterocycles. The smallest absolute Gasteiger partial charge is 0.272 e. The molecule has 0 unspecified atom stereocenters. The van der Waals surface area contributed by atoms with Crippen molar-refractivity contribution in [3.05, 3.63) is 48.7 Å². The Kier molecular flexibility index (Phi) is 7.24. The van der Waals surface area contributed by atoms with Crippen LogP contribution >= 0.6 is 0 Å². The molecule has 2 heterocycles. The van der Waals surface area contributed by atoms with Gasteiger partial charge in [0, 0.05) is 44.4 Å². The second-order valence-corrected chi connectivity index (χ2v) is 8.59. The number of H-pyrrole nitrogens is 1. The van der Waals surface area contributed by atoms with Crippen molar-refractivity contribution in [3.8, 4) is 0 Å². The average molecular weight is 406 g/mol. The number of nitrogens with one attached hydrogen (secondary N) is 2. The van der Waals surface area contributed by atoms with Crippen LogP contribution in [-0.2, 0) is 14.8 Å². The van der Waals surface area contributed by atoms with Crippen molar-refractivity contribution in [2.24, 2.45) is 0 Å². The molecule has 1 aliphatic rings. The number of nitrogens with zero attached hydrogens (tertiary/aromatic N) is 2. The number of sulfonamides is 1. The van der Waals surface area contributed by atoms with Crippen LogP contribution < -0.4 is 15.2 Å². The largest absolute Gasteiger partial charge is 0.379 e. The lowest BCUT2D eigenvalue weighted by molar-refractivity contribution is -0.364. The Balaban J connectivity index is 1.49. The molecule has 1 aliphatic heterocycles. The number of hydrogen-bond donors (Lipinski definition) is 1. The van der Waals surface area contributed by atoms with Crippen molar-refractivity contribution in [2.75, 3.05) is 56.2 Å². The maximum atomic E-state index is 12.6. The second kappa shape index (κ2) is 9.86. The number of aromatic nitrogens is 1. The van der Waals surface area contributed by atoms with Gasteiger partial charge in [0.25, 0.3) is 5.82 Å². The summed E-state index contributed by atoms with van der Waals surface area (Å²) in [5.74, 6) is 0.809. The van der Waals surface area contributed by atoms with Gasteiger partial charge in [-0.25, -0.2) is 13.4 Å². The van der Waals surface area contributed by atoms with Gasteiger partial charge in [-0.15, -0.1) is 0 Å². The van der Waals surface area contributed by atoms with Gasteiger partial charge in [-0.05, 0) is 25.1 Å². The number of aromatic amines is 1. The zero-order valence-corrected chi connectivity index (χ0v) is 17.1. The Morgan fingerprint density at radius 3 is 2.54 bits per heavy atom. The maximum absolute atomic E-state index is 12.6. The summed E-state index contributed by atoms with van der Waals surface area (Å²) in [7, 11) is -3.46. The van der Waals surface area contributed by atoms with Gasteiger partial charge in [-0.2, -0.15) is 4.31 Å². The number of ether oxygens (including phenoxy) is 1. The van der Waals surface area contributed by atoms with Crippen molar-refractivity contribution in [1.29, 1.82) is 0 Å². The number of rotatable bonds is 9. The van der Waals surface area contributed by atoms with E-state index in [1.807, 2.05) is 6.07 Å². The fraction of sp³-hybridized carbons (Fsp3) is 0.450. The molecule has 8 heteroatoms. The number of morpholine rings is 1. The van der Waals surface area contributed by atoms with Gasteiger partial charge >= 0.3 is 0 Å². The van der Waals surface area contributed by atoms with Gasteiger partial charge in [0.05, 0.1) is 19.8 Å². The minimum atomic E-state index is -3.46. The van der Waals surface area contributed by atoms with E-state index in [4.69, 9.17) is 4.74 Å². The van der Waals surface area contributed by atoms with Gasteiger partial charge in [0.2, 0.25) is 10.0 Å². The highest BCUT2D eigenvalue weighted by molar-refractivity contribution is 7.89. The third-order valence-corrected chi connectivity index (χ3v) is 6.71. The third kappa shape index (κ3) is 5.21. The molecule has 1 aromatic carbocycles. The third-order valence-electron chi connectivity index (χ3n) is 4.82. The molecule has 0 amide bonds. The number of para-hydroxylation sites is 1. The maximum Gasteiger partial charge on any atom is 0.272 e. The fourth-order valence-corrected chi connectivity index (χ4v) is 4.59. The van der Waals surface area contributed by atoms with E-state index in [9.17, 15) is 8.42 Å². The van der Waals surface area contributed by atoms with Crippen molar-refractivity contribution in [3.63, 3.8) is 0 Å². The van der Waals surface area contributed by atoms with Crippen LogP contribution in [-0.4, -0.2) is 58.7 Å². The van der Waals surface area contributed by atoms with E-state index >= 15 is 0 Å². The van der Waals surface area contributed by atoms with Gasteiger partial charge in [0.1, 0.15) is 11.1 Å². The van der Waals surface area contributed by atoms with Crippen LogP contribution in [0.3, 0.4) is 0 Å². The van der Waals surface area contributed by atoms with Crippen molar-refractivity contribution in [2.45, 2.75) is 18.2 Å². The van der Waals surface area contributed by atoms with Crippen LogP contribution in [0.1, 0.15) is 13.3 Å². The Hall–Kier alpha value is -2.16. The van der Waals surface area contributed by atoms with E-state index in [1.165, 1.54) is 9.99 Å². The lowest BCUT2D eigenvalue weighted by Gasteiger charge is -2.25. The Labute approximate surface area is 167 Å². The fourth-order valence-electron chi connectivity index (χ4n) is 3.22. The Bertz CT molecular complexity index is 822. The van der Waals surface area contributed by atoms with Crippen LogP contribution in [0.25, 0.3) is 0 Å². The van der Waals surface area contributed by atoms with Crippen molar-refractivity contribution >= 4 is 21.5 Å². The number of anilines is 2. The molecule has 0 atom stereocenters. The van der Waals surface area contributed by atoms with Gasteiger partial charge in [0.15, 0.2) is 0 Å². The number of pyridine rings is 1. The quantitative estimate of drug-likeness (QED) is 0.645. The first kappa shape index (κ1) is 20.6. The lowest BCUT2D eigenvalue weighted by Crippen LogP contribution is -2.40. The van der Waals surface area contributed by atoms with Gasteiger partial charge in [-0.1, -0.05) is 18.2 Å². The molecule has 2 N–H and O–H groups in total. The summed E-state index contributed by atoms with van der Waals surface area (Å²) in [4.78, 5) is 5.67. The van der Waals surface area contributed by atoms with Crippen LogP contribution in [0, 0.1) is 0 Å². The molecule has 1 fully saturated rings. The summed E-state index contributed by atoms with van der Waals surface area (Å²) in [5, 5.41) is 3.32. The minimum Gasteiger partial charge on any atom is -0.379 e. The second-order valence-electron chi connectivity index (χ2n) is 6.65. The lowest BCUT2D eigenvalue weighted by atomic mass is 10.2. The first-order valence-electron chi connectivity index (χ1n) is 9.75. The van der Waals surface area contributed by atoms with Crippen LogP contribution in [0.15, 0.2) is 53.6 Å². The summed E-state index contributed by atoms with van der Waals surface area (Å²) < 4.78 is 32.0. The summed E-state index contributed by atoms with van der Waals surface area (Å²) in [6.07, 6.45) is 2.53. The predicted molar refractivity (Wildman–Crippen MR) is 110 cm³/mol. The van der Waals surface area contributed by atoms with E-state index in [0.29, 0.717) is 26.3 Å². The first-order valence-corrected chi connectivity index (χ1v) is 11.2. The number of benzene rings is 1.